The van der Waals surface area contributed by atoms with E-state index in [1.165, 1.54) is 12.8 Å². The highest BCUT2D eigenvalue weighted by molar-refractivity contribution is 7.77. The summed E-state index contributed by atoms with van der Waals surface area (Å²) >= 11 is 4.15. The van der Waals surface area contributed by atoms with E-state index >= 15 is 0 Å². The lowest BCUT2D eigenvalue weighted by Crippen LogP contribution is -2.10. The van der Waals surface area contributed by atoms with Crippen LogP contribution >= 0.6 is 12.8 Å². The molecular formula is C10H23NOS. The quantitative estimate of drug-likeness (QED) is 0.483. The van der Waals surface area contributed by atoms with Gasteiger partial charge in [-0.3, -0.25) is 4.31 Å². The van der Waals surface area contributed by atoms with Crippen molar-refractivity contribution < 1.29 is 4.74 Å². The third-order valence-corrected chi connectivity index (χ3v) is 2.04. The van der Waals surface area contributed by atoms with Crippen LogP contribution in [0.1, 0.15) is 33.1 Å². The highest BCUT2D eigenvalue weighted by Crippen LogP contribution is 2.03. The predicted molar refractivity (Wildman–Crippen MR) is 61.1 cm³/mol. The molecule has 0 aromatic rings. The van der Waals surface area contributed by atoms with Gasteiger partial charge in [0.1, 0.15) is 0 Å². The Hall–Kier alpha value is 0.270. The van der Waals surface area contributed by atoms with Gasteiger partial charge in [0, 0.05) is 19.8 Å². The summed E-state index contributed by atoms with van der Waals surface area (Å²) in [4.78, 5) is 0. The van der Waals surface area contributed by atoms with Gasteiger partial charge in [-0.15, -0.1) is 0 Å². The first-order valence-corrected chi connectivity index (χ1v) is 5.50. The third-order valence-electron chi connectivity index (χ3n) is 1.84. The molecular weight excluding hydrogens is 182 g/mol. The van der Waals surface area contributed by atoms with E-state index in [4.69, 9.17) is 4.74 Å². The number of rotatable bonds is 8. The van der Waals surface area contributed by atoms with Crippen molar-refractivity contribution in [3.05, 3.63) is 0 Å². The van der Waals surface area contributed by atoms with E-state index in [-0.39, 0.29) is 0 Å². The third kappa shape index (κ3) is 12.3. The Labute approximate surface area is 88.2 Å². The topological polar surface area (TPSA) is 12.5 Å². The van der Waals surface area contributed by atoms with Crippen LogP contribution in [0, 0.1) is 5.92 Å². The minimum atomic E-state index is 0.798. The van der Waals surface area contributed by atoms with E-state index < -0.39 is 0 Å². The summed E-state index contributed by atoms with van der Waals surface area (Å²) in [6.45, 7) is 7.26. The van der Waals surface area contributed by atoms with Crippen LogP contribution in [0.5, 0.6) is 0 Å². The number of thiol groups is 1. The van der Waals surface area contributed by atoms with E-state index in [0.29, 0.717) is 0 Å². The first kappa shape index (κ1) is 13.3. The zero-order valence-electron chi connectivity index (χ0n) is 9.12. The maximum atomic E-state index is 5.47. The van der Waals surface area contributed by atoms with Gasteiger partial charge in [-0.05, 0) is 32.2 Å². The molecule has 0 spiro atoms. The Balaban J connectivity index is 2.92. The van der Waals surface area contributed by atoms with E-state index in [2.05, 4.69) is 26.7 Å². The molecule has 3 heteroatoms. The van der Waals surface area contributed by atoms with Crippen LogP contribution in [0.15, 0.2) is 0 Å². The molecule has 2 nitrogen and oxygen atoms in total. The normalized spacial score (nSPS) is 11.5. The summed E-state index contributed by atoms with van der Waals surface area (Å²) in [7, 11) is 1.96. The second-order valence-corrected chi connectivity index (χ2v) is 4.57. The largest absolute Gasteiger partial charge is 0.381 e. The molecule has 0 aliphatic heterocycles. The van der Waals surface area contributed by atoms with Crippen LogP contribution in [0.3, 0.4) is 0 Å². The van der Waals surface area contributed by atoms with Gasteiger partial charge in [-0.1, -0.05) is 26.7 Å². The second-order valence-electron chi connectivity index (χ2n) is 3.88. The number of ether oxygens (including phenoxy) is 1. The van der Waals surface area contributed by atoms with Gasteiger partial charge in [0.2, 0.25) is 0 Å². The smallest absolute Gasteiger partial charge is 0.0478 e. The van der Waals surface area contributed by atoms with Gasteiger partial charge in [-0.2, -0.15) is 0 Å². The average Bonchev–Trinajstić information content (AvgIpc) is 2.01. The lowest BCUT2D eigenvalue weighted by molar-refractivity contribution is 0.123. The number of hydrogen-bond donors (Lipinski definition) is 1. The zero-order valence-corrected chi connectivity index (χ0v) is 10.0. The molecule has 80 valence electrons. The van der Waals surface area contributed by atoms with E-state index in [0.717, 1.165) is 32.1 Å². The molecule has 0 heterocycles. The lowest BCUT2D eigenvalue weighted by Gasteiger charge is -2.08. The fourth-order valence-electron chi connectivity index (χ4n) is 1.09. The second kappa shape index (κ2) is 8.85. The Kier molecular flexibility index (Phi) is 9.03. The lowest BCUT2D eigenvalue weighted by atomic mass is 10.1. The molecule has 0 aromatic carbocycles. The van der Waals surface area contributed by atoms with Crippen LogP contribution < -0.4 is 0 Å². The van der Waals surface area contributed by atoms with Crippen molar-refractivity contribution in [3.8, 4) is 0 Å². The Morgan fingerprint density at radius 1 is 1.23 bits per heavy atom. The van der Waals surface area contributed by atoms with Gasteiger partial charge in [0.25, 0.3) is 0 Å². The van der Waals surface area contributed by atoms with Crippen molar-refractivity contribution in [3.63, 3.8) is 0 Å². The molecule has 0 N–H and O–H groups in total. The molecule has 13 heavy (non-hydrogen) atoms. The van der Waals surface area contributed by atoms with Crippen LogP contribution in [-0.4, -0.2) is 31.1 Å². The summed E-state index contributed by atoms with van der Waals surface area (Å²) in [6, 6.07) is 0. The van der Waals surface area contributed by atoms with Crippen molar-refractivity contribution >= 4 is 12.8 Å². The van der Waals surface area contributed by atoms with Crippen LogP contribution in [0.25, 0.3) is 0 Å². The number of nitrogens with zero attached hydrogens (tertiary/aromatic N) is 1. The van der Waals surface area contributed by atoms with Crippen molar-refractivity contribution in [1.82, 2.24) is 4.31 Å². The van der Waals surface area contributed by atoms with Crippen molar-refractivity contribution in [2.45, 2.75) is 33.1 Å². The molecule has 0 aliphatic carbocycles. The molecule has 0 rings (SSSR count). The van der Waals surface area contributed by atoms with Gasteiger partial charge in [0.15, 0.2) is 0 Å². The molecule has 0 aromatic heterocycles. The minimum Gasteiger partial charge on any atom is -0.381 e. The summed E-state index contributed by atoms with van der Waals surface area (Å²) in [5.74, 6) is 0.798. The van der Waals surface area contributed by atoms with Crippen molar-refractivity contribution in [2.24, 2.45) is 5.92 Å². The maximum absolute atomic E-state index is 5.47. The highest BCUT2D eigenvalue weighted by Gasteiger charge is 1.94. The van der Waals surface area contributed by atoms with Gasteiger partial charge in [0.05, 0.1) is 0 Å². The fraction of sp³-hybridized carbons (Fsp3) is 1.00. The summed E-state index contributed by atoms with van der Waals surface area (Å²) < 4.78 is 7.36. The average molecular weight is 205 g/mol. The van der Waals surface area contributed by atoms with Crippen LogP contribution in [0.2, 0.25) is 0 Å². The Bertz CT molecular complexity index is 95.1. The van der Waals surface area contributed by atoms with Gasteiger partial charge in [-0.25, -0.2) is 0 Å². The molecule has 0 saturated carbocycles. The SMILES string of the molecule is CC(C)CCCOCCCN(C)S. The van der Waals surface area contributed by atoms with E-state index in [1.807, 2.05) is 11.4 Å². The number of hydrogen-bond acceptors (Lipinski definition) is 3. The maximum Gasteiger partial charge on any atom is 0.0478 e. The standard InChI is InChI=1S/C10H23NOS/c1-10(2)6-4-8-12-9-5-7-11(3)13/h10,13H,4-9H2,1-3H3. The Morgan fingerprint density at radius 2 is 1.85 bits per heavy atom. The predicted octanol–water partition coefficient (Wildman–Crippen LogP) is 2.61. The zero-order chi connectivity index (χ0) is 10.1. The van der Waals surface area contributed by atoms with Crippen molar-refractivity contribution in [2.75, 3.05) is 26.8 Å². The first-order valence-electron chi connectivity index (χ1n) is 5.10. The molecule has 0 aliphatic rings. The molecule has 0 unspecified atom stereocenters. The highest BCUT2D eigenvalue weighted by atomic mass is 32.1. The van der Waals surface area contributed by atoms with E-state index in [1.54, 1.807) is 0 Å². The fourth-order valence-corrected chi connectivity index (χ4v) is 1.23. The summed E-state index contributed by atoms with van der Waals surface area (Å²) in [5.41, 5.74) is 0. The van der Waals surface area contributed by atoms with Gasteiger partial charge < -0.3 is 4.74 Å². The van der Waals surface area contributed by atoms with Gasteiger partial charge >= 0.3 is 0 Å². The van der Waals surface area contributed by atoms with Crippen LogP contribution in [0.4, 0.5) is 0 Å². The van der Waals surface area contributed by atoms with E-state index in [9.17, 15) is 0 Å². The molecule has 0 amide bonds. The first-order chi connectivity index (χ1) is 6.13. The molecule has 0 atom stereocenters. The van der Waals surface area contributed by atoms with Crippen LogP contribution in [-0.2, 0) is 4.74 Å². The molecule has 0 bridgehead atoms. The minimum absolute atomic E-state index is 0.798. The summed E-state index contributed by atoms with van der Waals surface area (Å²) in [6.07, 6.45) is 3.53. The monoisotopic (exact) mass is 205 g/mol. The molecule has 0 saturated heterocycles. The Morgan fingerprint density at radius 3 is 2.38 bits per heavy atom. The van der Waals surface area contributed by atoms with Crippen molar-refractivity contribution in [1.29, 1.82) is 0 Å². The molecule has 0 radical (unpaired) electrons. The summed E-state index contributed by atoms with van der Waals surface area (Å²) in [5, 5.41) is 0. The molecule has 0 fully saturated rings.